The van der Waals surface area contributed by atoms with E-state index in [2.05, 4.69) is 24.4 Å². The second-order valence-electron chi connectivity index (χ2n) is 4.72. The van der Waals surface area contributed by atoms with E-state index in [1.54, 1.807) is 6.08 Å². The number of ketones is 1. The highest BCUT2D eigenvalue weighted by atomic mass is 16.1. The average Bonchev–Trinajstić information content (AvgIpc) is 2.57. The molecule has 1 heterocycles. The summed E-state index contributed by atoms with van der Waals surface area (Å²) in [4.78, 5) is 12.0. The number of nitrogens with one attached hydrogen (secondary N) is 1. The maximum atomic E-state index is 12.0. The number of hydrogen-bond acceptors (Lipinski definition) is 3. The molecule has 0 saturated heterocycles. The van der Waals surface area contributed by atoms with E-state index in [1.165, 1.54) is 0 Å². The molecule has 0 atom stereocenters. The predicted molar refractivity (Wildman–Crippen MR) is 68.9 cm³/mol. The SMILES string of the molecule is CC1=NNC(=CC(=O)c2ccccc2)C1(C)C. The van der Waals surface area contributed by atoms with Crippen molar-refractivity contribution < 1.29 is 4.79 Å². The van der Waals surface area contributed by atoms with Gasteiger partial charge < -0.3 is 0 Å². The van der Waals surface area contributed by atoms with Gasteiger partial charge in [-0.2, -0.15) is 5.10 Å². The molecule has 17 heavy (non-hydrogen) atoms. The standard InChI is InChI=1S/C14H16N2O/c1-10-14(2,3)13(16-15-10)9-12(17)11-7-5-4-6-8-11/h4-9,16H,1-3H3. The van der Waals surface area contributed by atoms with Crippen LogP contribution in [0.2, 0.25) is 0 Å². The molecule has 3 heteroatoms. The minimum absolute atomic E-state index is 0.00563. The molecule has 2 rings (SSSR count). The van der Waals surface area contributed by atoms with Gasteiger partial charge in [-0.15, -0.1) is 0 Å². The molecule has 0 radical (unpaired) electrons. The van der Waals surface area contributed by atoms with Crippen LogP contribution in [-0.2, 0) is 0 Å². The number of carbonyl (C=O) groups is 1. The minimum atomic E-state index is -0.190. The topological polar surface area (TPSA) is 41.5 Å². The zero-order chi connectivity index (χ0) is 12.5. The van der Waals surface area contributed by atoms with Crippen molar-refractivity contribution in [2.75, 3.05) is 0 Å². The summed E-state index contributed by atoms with van der Waals surface area (Å²) in [7, 11) is 0. The van der Waals surface area contributed by atoms with Gasteiger partial charge in [-0.3, -0.25) is 10.2 Å². The molecule has 0 aromatic heterocycles. The summed E-state index contributed by atoms with van der Waals surface area (Å²) in [6.45, 7) is 6.06. The molecule has 0 amide bonds. The Bertz CT molecular complexity index is 498. The minimum Gasteiger partial charge on any atom is -0.289 e. The molecular weight excluding hydrogens is 212 g/mol. The van der Waals surface area contributed by atoms with Gasteiger partial charge in [-0.1, -0.05) is 30.3 Å². The van der Waals surface area contributed by atoms with E-state index in [1.807, 2.05) is 37.3 Å². The molecule has 1 aliphatic rings. The Morgan fingerprint density at radius 2 is 1.94 bits per heavy atom. The Hall–Kier alpha value is -1.90. The van der Waals surface area contributed by atoms with E-state index in [-0.39, 0.29) is 11.2 Å². The fourth-order valence-corrected chi connectivity index (χ4v) is 1.65. The van der Waals surface area contributed by atoms with Crippen LogP contribution in [-0.4, -0.2) is 11.5 Å². The van der Waals surface area contributed by atoms with Gasteiger partial charge in [-0.25, -0.2) is 0 Å². The molecule has 0 aliphatic carbocycles. The lowest BCUT2D eigenvalue weighted by Crippen LogP contribution is -2.22. The van der Waals surface area contributed by atoms with Gasteiger partial charge >= 0.3 is 0 Å². The van der Waals surface area contributed by atoms with Gasteiger partial charge in [0.2, 0.25) is 0 Å². The van der Waals surface area contributed by atoms with Crippen molar-refractivity contribution in [3.8, 4) is 0 Å². The molecule has 0 fully saturated rings. The number of rotatable bonds is 2. The summed E-state index contributed by atoms with van der Waals surface area (Å²) in [5, 5.41) is 4.16. The van der Waals surface area contributed by atoms with E-state index in [4.69, 9.17) is 0 Å². The normalized spacial score (nSPS) is 19.9. The Morgan fingerprint density at radius 1 is 1.29 bits per heavy atom. The molecule has 0 saturated carbocycles. The van der Waals surface area contributed by atoms with E-state index in [0.717, 1.165) is 11.4 Å². The number of carbonyl (C=O) groups excluding carboxylic acids is 1. The van der Waals surface area contributed by atoms with Crippen LogP contribution in [0, 0.1) is 5.41 Å². The molecule has 0 unspecified atom stereocenters. The molecule has 0 spiro atoms. The highest BCUT2D eigenvalue weighted by Crippen LogP contribution is 2.30. The van der Waals surface area contributed by atoms with Crippen molar-refractivity contribution in [3.05, 3.63) is 47.7 Å². The molecule has 1 aliphatic heterocycles. The number of allylic oxidation sites excluding steroid dienone is 2. The largest absolute Gasteiger partial charge is 0.289 e. The molecular formula is C14H16N2O. The fourth-order valence-electron chi connectivity index (χ4n) is 1.65. The van der Waals surface area contributed by atoms with Crippen molar-refractivity contribution in [1.29, 1.82) is 0 Å². The van der Waals surface area contributed by atoms with Crippen molar-refractivity contribution in [3.63, 3.8) is 0 Å². The van der Waals surface area contributed by atoms with Crippen molar-refractivity contribution >= 4 is 11.5 Å². The fraction of sp³-hybridized carbons (Fsp3) is 0.286. The van der Waals surface area contributed by atoms with Crippen LogP contribution in [0.25, 0.3) is 0 Å². The van der Waals surface area contributed by atoms with E-state index >= 15 is 0 Å². The predicted octanol–water partition coefficient (Wildman–Crippen LogP) is 2.76. The van der Waals surface area contributed by atoms with Crippen molar-refractivity contribution in [2.45, 2.75) is 20.8 Å². The summed E-state index contributed by atoms with van der Waals surface area (Å²) in [6, 6.07) is 9.25. The summed E-state index contributed by atoms with van der Waals surface area (Å²) in [6.07, 6.45) is 1.63. The Balaban J connectivity index is 2.26. The highest BCUT2D eigenvalue weighted by Gasteiger charge is 2.32. The Kier molecular flexibility index (Phi) is 2.84. The molecule has 1 aromatic rings. The maximum Gasteiger partial charge on any atom is 0.187 e. The maximum absolute atomic E-state index is 12.0. The summed E-state index contributed by atoms with van der Waals surface area (Å²) in [5.41, 5.74) is 5.27. The van der Waals surface area contributed by atoms with Gasteiger partial charge in [0.1, 0.15) is 0 Å². The second kappa shape index (κ2) is 4.17. The summed E-state index contributed by atoms with van der Waals surface area (Å²) < 4.78 is 0. The monoisotopic (exact) mass is 228 g/mol. The van der Waals surface area contributed by atoms with Crippen LogP contribution in [0.1, 0.15) is 31.1 Å². The summed E-state index contributed by atoms with van der Waals surface area (Å²) >= 11 is 0. The van der Waals surface area contributed by atoms with Gasteiger partial charge in [-0.05, 0) is 20.8 Å². The number of nitrogens with zero attached hydrogens (tertiary/aromatic N) is 1. The molecule has 88 valence electrons. The zero-order valence-corrected chi connectivity index (χ0v) is 10.3. The first-order valence-electron chi connectivity index (χ1n) is 5.64. The zero-order valence-electron chi connectivity index (χ0n) is 10.3. The first-order chi connectivity index (χ1) is 8.01. The number of hydrogen-bond donors (Lipinski definition) is 1. The lowest BCUT2D eigenvalue weighted by Gasteiger charge is -2.18. The van der Waals surface area contributed by atoms with Crippen LogP contribution < -0.4 is 5.43 Å². The first-order valence-corrected chi connectivity index (χ1v) is 5.64. The smallest absolute Gasteiger partial charge is 0.187 e. The molecule has 1 N–H and O–H groups in total. The van der Waals surface area contributed by atoms with Gasteiger partial charge in [0, 0.05) is 28.5 Å². The van der Waals surface area contributed by atoms with Crippen LogP contribution in [0.4, 0.5) is 0 Å². The first kappa shape index (κ1) is 11.6. The van der Waals surface area contributed by atoms with Gasteiger partial charge in [0.05, 0.1) is 0 Å². The van der Waals surface area contributed by atoms with E-state index in [0.29, 0.717) is 5.56 Å². The number of hydrazone groups is 1. The quantitative estimate of drug-likeness (QED) is 0.624. The van der Waals surface area contributed by atoms with Crippen LogP contribution in [0.5, 0.6) is 0 Å². The second-order valence-corrected chi connectivity index (χ2v) is 4.72. The number of benzene rings is 1. The van der Waals surface area contributed by atoms with E-state index < -0.39 is 0 Å². The average molecular weight is 228 g/mol. The highest BCUT2D eigenvalue weighted by molar-refractivity contribution is 6.06. The lowest BCUT2D eigenvalue weighted by molar-refractivity contribution is 0.104. The molecule has 3 nitrogen and oxygen atoms in total. The third-order valence-corrected chi connectivity index (χ3v) is 3.26. The van der Waals surface area contributed by atoms with Crippen molar-refractivity contribution in [1.82, 2.24) is 5.43 Å². The van der Waals surface area contributed by atoms with Gasteiger partial charge in [0.15, 0.2) is 5.78 Å². The van der Waals surface area contributed by atoms with E-state index in [9.17, 15) is 4.79 Å². The molecule has 0 bridgehead atoms. The molecule has 1 aromatic carbocycles. The van der Waals surface area contributed by atoms with Crippen LogP contribution in [0.3, 0.4) is 0 Å². The summed E-state index contributed by atoms with van der Waals surface area (Å²) in [5.74, 6) is 0.00563. The lowest BCUT2D eigenvalue weighted by atomic mass is 9.85. The van der Waals surface area contributed by atoms with Gasteiger partial charge in [0.25, 0.3) is 0 Å². The third kappa shape index (κ3) is 2.13. The van der Waals surface area contributed by atoms with Crippen molar-refractivity contribution in [2.24, 2.45) is 10.5 Å². The van der Waals surface area contributed by atoms with Crippen LogP contribution in [0.15, 0.2) is 47.2 Å². The third-order valence-electron chi connectivity index (χ3n) is 3.26. The Labute approximate surface area is 101 Å². The van der Waals surface area contributed by atoms with Crippen LogP contribution >= 0.6 is 0 Å². The Morgan fingerprint density at radius 3 is 2.47 bits per heavy atom.